The van der Waals surface area contributed by atoms with Gasteiger partial charge in [-0.15, -0.1) is 11.8 Å². The van der Waals surface area contributed by atoms with Gasteiger partial charge in [0.1, 0.15) is 12.4 Å². The molecule has 2 aromatic rings. The van der Waals surface area contributed by atoms with E-state index in [1.807, 2.05) is 31.2 Å². The minimum atomic E-state index is -0.449. The van der Waals surface area contributed by atoms with Crippen molar-refractivity contribution in [2.24, 2.45) is 0 Å². The summed E-state index contributed by atoms with van der Waals surface area (Å²) in [5.41, 5.74) is 1.16. The van der Waals surface area contributed by atoms with Crippen molar-refractivity contribution in [1.82, 2.24) is 5.32 Å². The number of non-ortho nitro benzene ring substituents is 1. The molecule has 0 unspecified atom stereocenters. The third-order valence-corrected chi connectivity index (χ3v) is 4.11. The van der Waals surface area contributed by atoms with Gasteiger partial charge >= 0.3 is 0 Å². The van der Waals surface area contributed by atoms with Crippen LogP contribution in [-0.4, -0.2) is 29.7 Å². The van der Waals surface area contributed by atoms with Crippen molar-refractivity contribution in [3.05, 3.63) is 64.2 Å². The van der Waals surface area contributed by atoms with E-state index in [9.17, 15) is 14.9 Å². The van der Waals surface area contributed by atoms with E-state index in [0.717, 1.165) is 16.2 Å². The lowest BCUT2D eigenvalue weighted by molar-refractivity contribution is -0.384. The predicted octanol–water partition coefficient (Wildman–Crippen LogP) is 3.19. The summed E-state index contributed by atoms with van der Waals surface area (Å²) in [6, 6.07) is 13.8. The minimum Gasteiger partial charge on any atom is -0.492 e. The number of benzene rings is 2. The molecule has 0 bridgehead atoms. The number of nitrogens with one attached hydrogen (secondary N) is 1. The summed E-state index contributed by atoms with van der Waals surface area (Å²) in [6.45, 7) is 2.81. The first-order valence-corrected chi connectivity index (χ1v) is 8.36. The number of carbonyl (C=O) groups is 1. The Morgan fingerprint density at radius 3 is 2.67 bits per heavy atom. The maximum atomic E-state index is 11.8. The molecule has 0 atom stereocenters. The van der Waals surface area contributed by atoms with Gasteiger partial charge in [-0.25, -0.2) is 0 Å². The number of rotatable bonds is 8. The molecule has 1 N–H and O–H groups in total. The van der Waals surface area contributed by atoms with Gasteiger partial charge in [-0.3, -0.25) is 14.9 Å². The van der Waals surface area contributed by atoms with Crippen LogP contribution in [0.2, 0.25) is 0 Å². The van der Waals surface area contributed by atoms with Crippen LogP contribution in [0.15, 0.2) is 53.4 Å². The van der Waals surface area contributed by atoms with Crippen molar-refractivity contribution < 1.29 is 14.5 Å². The maximum absolute atomic E-state index is 11.8. The van der Waals surface area contributed by atoms with Crippen LogP contribution in [0.25, 0.3) is 0 Å². The highest BCUT2D eigenvalue weighted by Crippen LogP contribution is 2.21. The molecular weight excluding hydrogens is 328 g/mol. The second-order valence-electron chi connectivity index (χ2n) is 5.05. The quantitative estimate of drug-likeness (QED) is 0.344. The molecule has 7 heteroatoms. The molecule has 126 valence electrons. The Kier molecular flexibility index (Phi) is 6.62. The lowest BCUT2D eigenvalue weighted by Gasteiger charge is -2.08. The van der Waals surface area contributed by atoms with Gasteiger partial charge in [0.15, 0.2) is 0 Å². The van der Waals surface area contributed by atoms with Gasteiger partial charge in [0, 0.05) is 17.0 Å². The summed E-state index contributed by atoms with van der Waals surface area (Å²) >= 11 is 1.33. The van der Waals surface area contributed by atoms with Crippen LogP contribution in [0.3, 0.4) is 0 Å². The van der Waals surface area contributed by atoms with Crippen LogP contribution in [0.4, 0.5) is 5.69 Å². The topological polar surface area (TPSA) is 81.5 Å². The Labute approximate surface area is 144 Å². The lowest BCUT2D eigenvalue weighted by atomic mass is 10.2. The average molecular weight is 346 g/mol. The number of aryl methyl sites for hydroxylation is 1. The standard InChI is InChI=1S/C17H18N2O4S/c1-13-3-2-4-15(11-13)23-10-9-18-17(20)12-24-16-7-5-14(6-8-16)19(21)22/h2-8,11H,9-10,12H2,1H3,(H,18,20). The second-order valence-corrected chi connectivity index (χ2v) is 6.10. The van der Waals surface area contributed by atoms with E-state index in [-0.39, 0.29) is 17.3 Å². The van der Waals surface area contributed by atoms with Crippen molar-refractivity contribution in [3.63, 3.8) is 0 Å². The molecule has 6 nitrogen and oxygen atoms in total. The van der Waals surface area contributed by atoms with Gasteiger partial charge < -0.3 is 10.1 Å². The summed E-state index contributed by atoms with van der Waals surface area (Å²) < 4.78 is 5.55. The Hall–Kier alpha value is -2.54. The first kappa shape index (κ1) is 17.8. The van der Waals surface area contributed by atoms with Gasteiger partial charge in [-0.2, -0.15) is 0 Å². The van der Waals surface area contributed by atoms with Crippen LogP contribution < -0.4 is 10.1 Å². The molecule has 2 aromatic carbocycles. The molecule has 2 rings (SSSR count). The fraction of sp³-hybridized carbons (Fsp3) is 0.235. The highest BCUT2D eigenvalue weighted by atomic mass is 32.2. The van der Waals surface area contributed by atoms with Crippen LogP contribution >= 0.6 is 11.8 Å². The van der Waals surface area contributed by atoms with E-state index in [2.05, 4.69) is 5.32 Å². The van der Waals surface area contributed by atoms with Gasteiger partial charge in [-0.05, 0) is 36.8 Å². The largest absolute Gasteiger partial charge is 0.492 e. The van der Waals surface area contributed by atoms with Crippen LogP contribution in [-0.2, 0) is 4.79 Å². The van der Waals surface area contributed by atoms with E-state index in [1.54, 1.807) is 12.1 Å². The van der Waals surface area contributed by atoms with Gasteiger partial charge in [0.2, 0.25) is 5.91 Å². The second kappa shape index (κ2) is 8.93. The number of amides is 1. The van der Waals surface area contributed by atoms with E-state index in [0.29, 0.717) is 13.2 Å². The molecule has 0 aromatic heterocycles. The van der Waals surface area contributed by atoms with Crippen molar-refractivity contribution in [2.45, 2.75) is 11.8 Å². The Morgan fingerprint density at radius 2 is 2.00 bits per heavy atom. The summed E-state index contributed by atoms with van der Waals surface area (Å²) in [7, 11) is 0. The SMILES string of the molecule is Cc1cccc(OCCNC(=O)CSc2ccc([N+](=O)[O-])cc2)c1. The number of nitro groups is 1. The number of thioether (sulfide) groups is 1. The molecule has 0 radical (unpaired) electrons. The molecule has 1 amide bonds. The third kappa shape index (κ3) is 5.92. The third-order valence-electron chi connectivity index (χ3n) is 3.10. The normalized spacial score (nSPS) is 10.2. The molecule has 24 heavy (non-hydrogen) atoms. The molecule has 0 saturated heterocycles. The molecule has 0 aliphatic carbocycles. The van der Waals surface area contributed by atoms with Crippen molar-refractivity contribution in [3.8, 4) is 5.75 Å². The first-order valence-electron chi connectivity index (χ1n) is 7.38. The zero-order valence-corrected chi connectivity index (χ0v) is 14.0. The van der Waals surface area contributed by atoms with Gasteiger partial charge in [0.05, 0.1) is 17.2 Å². The van der Waals surface area contributed by atoms with E-state index in [1.165, 1.54) is 23.9 Å². The maximum Gasteiger partial charge on any atom is 0.269 e. The van der Waals surface area contributed by atoms with E-state index >= 15 is 0 Å². The van der Waals surface area contributed by atoms with Gasteiger partial charge in [-0.1, -0.05) is 12.1 Å². The highest BCUT2D eigenvalue weighted by molar-refractivity contribution is 8.00. The van der Waals surface area contributed by atoms with Crippen LogP contribution in [0, 0.1) is 17.0 Å². The number of nitro benzene ring substituents is 1. The Balaban J connectivity index is 1.65. The molecule has 0 aliphatic rings. The molecule has 0 saturated carbocycles. The zero-order valence-electron chi connectivity index (χ0n) is 13.2. The number of nitrogens with zero attached hydrogens (tertiary/aromatic N) is 1. The van der Waals surface area contributed by atoms with Crippen molar-refractivity contribution >= 4 is 23.4 Å². The van der Waals surface area contributed by atoms with E-state index in [4.69, 9.17) is 4.74 Å². The minimum absolute atomic E-state index is 0.0390. The summed E-state index contributed by atoms with van der Waals surface area (Å²) in [5, 5.41) is 13.3. The van der Waals surface area contributed by atoms with Crippen molar-refractivity contribution in [2.75, 3.05) is 18.9 Å². The van der Waals surface area contributed by atoms with Crippen molar-refractivity contribution in [1.29, 1.82) is 0 Å². The molecule has 0 spiro atoms. The molecule has 0 heterocycles. The lowest BCUT2D eigenvalue weighted by Crippen LogP contribution is -2.29. The summed E-state index contributed by atoms with van der Waals surface area (Å²) in [4.78, 5) is 22.7. The Bertz CT molecular complexity index is 704. The van der Waals surface area contributed by atoms with E-state index < -0.39 is 4.92 Å². The first-order chi connectivity index (χ1) is 11.5. The van der Waals surface area contributed by atoms with Crippen LogP contribution in [0.5, 0.6) is 5.75 Å². The average Bonchev–Trinajstić information content (AvgIpc) is 2.57. The summed E-state index contributed by atoms with van der Waals surface area (Å²) in [5.74, 6) is 0.929. The number of hydrogen-bond acceptors (Lipinski definition) is 5. The molecule has 0 aliphatic heterocycles. The number of carbonyl (C=O) groups excluding carboxylic acids is 1. The van der Waals surface area contributed by atoms with Gasteiger partial charge in [0.25, 0.3) is 5.69 Å². The Morgan fingerprint density at radius 1 is 1.25 bits per heavy atom. The summed E-state index contributed by atoms with van der Waals surface area (Å²) in [6.07, 6.45) is 0. The number of ether oxygens (including phenoxy) is 1. The zero-order chi connectivity index (χ0) is 17.4. The number of hydrogen-bond donors (Lipinski definition) is 1. The monoisotopic (exact) mass is 346 g/mol. The fourth-order valence-corrected chi connectivity index (χ4v) is 2.66. The highest BCUT2D eigenvalue weighted by Gasteiger charge is 2.06. The molecule has 0 fully saturated rings. The predicted molar refractivity (Wildman–Crippen MR) is 93.5 cm³/mol. The van der Waals surface area contributed by atoms with Crippen LogP contribution in [0.1, 0.15) is 5.56 Å². The fourth-order valence-electron chi connectivity index (χ4n) is 1.93. The smallest absolute Gasteiger partial charge is 0.269 e. The molecular formula is C17H18N2O4S.